The maximum Gasteiger partial charge on any atom is 0.255 e. The standard InChI is InChI=1S/C23H24N4O/c1-15-13-27-14-19(22(28)26-9-4-10-26)18-7-8-23(25-20(18)21(27)24-15)11-16-5-2-3-6-17(16)12-23/h2-3,5-6,13-14,25H,4,7-12H2,1H3. The largest absolute Gasteiger partial charge is 0.376 e. The molecule has 0 bridgehead atoms. The number of amides is 1. The van der Waals surface area contributed by atoms with Crippen molar-refractivity contribution in [2.45, 2.75) is 44.6 Å². The van der Waals surface area contributed by atoms with Crippen LogP contribution in [0.4, 0.5) is 5.69 Å². The van der Waals surface area contributed by atoms with Crippen molar-refractivity contribution in [1.82, 2.24) is 14.3 Å². The number of likely N-dealkylation sites (tertiary alicyclic amines) is 1. The van der Waals surface area contributed by atoms with Crippen molar-refractivity contribution in [2.75, 3.05) is 18.4 Å². The summed E-state index contributed by atoms with van der Waals surface area (Å²) in [5, 5.41) is 3.89. The first-order valence-electron chi connectivity index (χ1n) is 10.3. The summed E-state index contributed by atoms with van der Waals surface area (Å²) >= 11 is 0. The first kappa shape index (κ1) is 16.2. The zero-order valence-electron chi connectivity index (χ0n) is 16.2. The summed E-state index contributed by atoms with van der Waals surface area (Å²) in [5.74, 6) is 0.170. The molecule has 0 saturated carbocycles. The fourth-order valence-electron chi connectivity index (χ4n) is 5.20. The molecule has 2 aromatic heterocycles. The molecule has 1 aromatic carbocycles. The maximum absolute atomic E-state index is 13.1. The van der Waals surface area contributed by atoms with E-state index in [1.54, 1.807) is 0 Å². The van der Waals surface area contributed by atoms with Crippen LogP contribution in [-0.2, 0) is 19.3 Å². The Morgan fingerprint density at radius 2 is 1.89 bits per heavy atom. The number of carbonyl (C=O) groups excluding carboxylic acids is 1. The van der Waals surface area contributed by atoms with Crippen LogP contribution in [0.2, 0.25) is 0 Å². The van der Waals surface area contributed by atoms with Gasteiger partial charge in [-0.3, -0.25) is 4.79 Å². The van der Waals surface area contributed by atoms with Crippen molar-refractivity contribution < 1.29 is 4.79 Å². The molecular weight excluding hydrogens is 348 g/mol. The highest BCUT2D eigenvalue weighted by Gasteiger charge is 2.41. The second-order valence-electron chi connectivity index (χ2n) is 8.68. The molecule has 3 aliphatic rings. The van der Waals surface area contributed by atoms with Gasteiger partial charge in [0.25, 0.3) is 5.91 Å². The number of hydrogen-bond acceptors (Lipinski definition) is 3. The van der Waals surface area contributed by atoms with E-state index < -0.39 is 0 Å². The highest BCUT2D eigenvalue weighted by molar-refractivity contribution is 5.99. The van der Waals surface area contributed by atoms with E-state index >= 15 is 0 Å². The molecule has 5 heteroatoms. The van der Waals surface area contributed by atoms with Crippen molar-refractivity contribution >= 4 is 17.2 Å². The molecule has 1 amide bonds. The van der Waals surface area contributed by atoms with Gasteiger partial charge in [-0.2, -0.15) is 0 Å². The minimum absolute atomic E-state index is 0.0372. The second-order valence-corrected chi connectivity index (χ2v) is 8.68. The number of rotatable bonds is 1. The van der Waals surface area contributed by atoms with Crippen molar-refractivity contribution in [3.8, 4) is 0 Å². The molecule has 28 heavy (non-hydrogen) atoms. The molecule has 1 aliphatic carbocycles. The van der Waals surface area contributed by atoms with Crippen molar-refractivity contribution in [3.05, 3.63) is 64.6 Å². The highest BCUT2D eigenvalue weighted by atomic mass is 16.2. The molecule has 6 rings (SSSR count). The summed E-state index contributed by atoms with van der Waals surface area (Å²) < 4.78 is 2.04. The molecule has 4 heterocycles. The van der Waals surface area contributed by atoms with Crippen LogP contribution in [0.1, 0.15) is 45.6 Å². The van der Waals surface area contributed by atoms with Crippen LogP contribution in [0, 0.1) is 6.92 Å². The number of aryl methyl sites for hydroxylation is 1. The van der Waals surface area contributed by atoms with Gasteiger partial charge in [0.2, 0.25) is 0 Å². The summed E-state index contributed by atoms with van der Waals surface area (Å²) in [5.41, 5.74) is 7.92. The molecule has 1 N–H and O–H groups in total. The lowest BCUT2D eigenvalue weighted by molar-refractivity contribution is 0.0650. The van der Waals surface area contributed by atoms with Gasteiger partial charge in [0.1, 0.15) is 0 Å². The van der Waals surface area contributed by atoms with Gasteiger partial charge in [-0.15, -0.1) is 0 Å². The first-order chi connectivity index (χ1) is 13.6. The highest BCUT2D eigenvalue weighted by Crippen LogP contribution is 2.43. The summed E-state index contributed by atoms with van der Waals surface area (Å²) in [7, 11) is 0. The molecule has 1 fully saturated rings. The number of benzene rings is 1. The van der Waals surface area contributed by atoms with Crippen LogP contribution < -0.4 is 5.32 Å². The minimum atomic E-state index is 0.0372. The normalized spacial score (nSPS) is 19.2. The molecule has 0 atom stereocenters. The molecule has 0 unspecified atom stereocenters. The Kier molecular flexibility index (Phi) is 3.23. The van der Waals surface area contributed by atoms with Crippen LogP contribution in [-0.4, -0.2) is 38.8 Å². The van der Waals surface area contributed by atoms with Gasteiger partial charge in [0.05, 0.1) is 16.9 Å². The number of fused-ring (bicyclic) bond motifs is 4. The van der Waals surface area contributed by atoms with E-state index in [2.05, 4.69) is 29.6 Å². The van der Waals surface area contributed by atoms with Gasteiger partial charge in [-0.05, 0) is 55.7 Å². The third-order valence-electron chi connectivity index (χ3n) is 6.76. The number of nitrogens with one attached hydrogen (secondary N) is 1. The average Bonchev–Trinajstić information content (AvgIpc) is 3.18. The number of anilines is 1. The average molecular weight is 372 g/mol. The summed E-state index contributed by atoms with van der Waals surface area (Å²) in [6, 6.07) is 8.77. The quantitative estimate of drug-likeness (QED) is 0.712. The van der Waals surface area contributed by atoms with E-state index in [-0.39, 0.29) is 11.4 Å². The van der Waals surface area contributed by atoms with Crippen LogP contribution in [0.15, 0.2) is 36.7 Å². The number of carbonyl (C=O) groups is 1. The van der Waals surface area contributed by atoms with E-state index in [1.807, 2.05) is 28.6 Å². The van der Waals surface area contributed by atoms with Gasteiger partial charge in [-0.1, -0.05) is 24.3 Å². The summed E-state index contributed by atoms with van der Waals surface area (Å²) in [6.45, 7) is 3.77. The number of hydrogen-bond donors (Lipinski definition) is 1. The Hall–Kier alpha value is -2.82. The zero-order valence-corrected chi connectivity index (χ0v) is 16.2. The fraction of sp³-hybridized carbons (Fsp3) is 0.391. The summed E-state index contributed by atoms with van der Waals surface area (Å²) in [4.78, 5) is 19.8. The van der Waals surface area contributed by atoms with E-state index in [0.29, 0.717) is 0 Å². The Morgan fingerprint density at radius 1 is 1.14 bits per heavy atom. The van der Waals surface area contributed by atoms with Gasteiger partial charge < -0.3 is 14.6 Å². The Balaban J connectivity index is 1.47. The van der Waals surface area contributed by atoms with E-state index in [0.717, 1.165) is 73.3 Å². The lowest BCUT2D eigenvalue weighted by Gasteiger charge is -2.39. The lowest BCUT2D eigenvalue weighted by atomic mass is 9.82. The number of imidazole rings is 1. The van der Waals surface area contributed by atoms with Crippen LogP contribution in [0.3, 0.4) is 0 Å². The predicted octanol–water partition coefficient (Wildman–Crippen LogP) is 3.38. The SMILES string of the molecule is Cc1cn2cc(C(=O)N3CCC3)c3c(c2n1)NC1(CC3)Cc2ccccc2C1. The number of aromatic nitrogens is 2. The molecule has 1 spiro atoms. The van der Waals surface area contributed by atoms with Gasteiger partial charge in [0.15, 0.2) is 5.65 Å². The third kappa shape index (κ3) is 2.25. The Labute approximate surface area is 164 Å². The van der Waals surface area contributed by atoms with E-state index in [1.165, 1.54) is 11.1 Å². The van der Waals surface area contributed by atoms with Crippen molar-refractivity contribution in [2.24, 2.45) is 0 Å². The second kappa shape index (κ2) is 5.60. The Morgan fingerprint density at radius 3 is 2.57 bits per heavy atom. The van der Waals surface area contributed by atoms with Crippen LogP contribution >= 0.6 is 0 Å². The lowest BCUT2D eigenvalue weighted by Crippen LogP contribution is -2.45. The molecule has 0 radical (unpaired) electrons. The first-order valence-corrected chi connectivity index (χ1v) is 10.3. The number of nitrogens with zero attached hydrogens (tertiary/aromatic N) is 3. The Bertz CT molecular complexity index is 1100. The summed E-state index contributed by atoms with van der Waals surface area (Å²) in [6.07, 6.45) is 9.18. The third-order valence-corrected chi connectivity index (χ3v) is 6.76. The predicted molar refractivity (Wildman–Crippen MR) is 109 cm³/mol. The minimum Gasteiger partial charge on any atom is -0.376 e. The maximum atomic E-state index is 13.1. The number of pyridine rings is 1. The van der Waals surface area contributed by atoms with Crippen molar-refractivity contribution in [1.29, 1.82) is 0 Å². The topological polar surface area (TPSA) is 49.6 Å². The van der Waals surface area contributed by atoms with Gasteiger partial charge in [-0.25, -0.2) is 4.98 Å². The van der Waals surface area contributed by atoms with E-state index in [4.69, 9.17) is 4.98 Å². The van der Waals surface area contributed by atoms with Gasteiger partial charge >= 0.3 is 0 Å². The van der Waals surface area contributed by atoms with Crippen molar-refractivity contribution in [3.63, 3.8) is 0 Å². The van der Waals surface area contributed by atoms with Crippen LogP contribution in [0.5, 0.6) is 0 Å². The fourth-order valence-corrected chi connectivity index (χ4v) is 5.20. The van der Waals surface area contributed by atoms with E-state index in [9.17, 15) is 4.79 Å². The van der Waals surface area contributed by atoms with Gasteiger partial charge in [0, 0.05) is 31.0 Å². The molecule has 2 aliphatic heterocycles. The zero-order chi connectivity index (χ0) is 18.9. The smallest absolute Gasteiger partial charge is 0.255 e. The molecule has 142 valence electrons. The monoisotopic (exact) mass is 372 g/mol. The molecular formula is C23H24N4O. The van der Waals surface area contributed by atoms with Crippen LogP contribution in [0.25, 0.3) is 5.65 Å². The molecule has 3 aromatic rings. The molecule has 1 saturated heterocycles. The molecule has 5 nitrogen and oxygen atoms in total.